The molecule has 0 saturated heterocycles. The molecule has 33 heavy (non-hydrogen) atoms. The molecule has 0 spiro atoms. The molecule has 6 rings (SSSR count). The predicted octanol–water partition coefficient (Wildman–Crippen LogP) is 7.54. The molecule has 2 aromatic heterocycles. The number of hydrogen-bond acceptors (Lipinski definition) is 0. The number of fused-ring (bicyclic) bond motifs is 6. The monoisotopic (exact) mass is 431 g/mol. The molecule has 5 aromatic rings. The van der Waals surface area contributed by atoms with Crippen molar-refractivity contribution in [1.82, 2.24) is 4.57 Å². The lowest BCUT2D eigenvalue weighted by Gasteiger charge is -2.46. The number of hydrogen-bond donors (Lipinski definition) is 0. The van der Waals surface area contributed by atoms with Gasteiger partial charge in [-0.2, -0.15) is 4.57 Å². The molecule has 2 unspecified atom stereocenters. The summed E-state index contributed by atoms with van der Waals surface area (Å²) in [6, 6.07) is 31.3. The van der Waals surface area contributed by atoms with Gasteiger partial charge in [0.15, 0.2) is 11.7 Å². The van der Waals surface area contributed by atoms with Crippen molar-refractivity contribution in [2.45, 2.75) is 51.5 Å². The number of aromatic nitrogens is 2. The predicted molar refractivity (Wildman–Crippen MR) is 138 cm³/mol. The van der Waals surface area contributed by atoms with E-state index in [1.165, 1.54) is 44.3 Å². The molecular weight excluding hydrogens is 400 g/mol. The zero-order chi connectivity index (χ0) is 22.8. The molecule has 3 aromatic carbocycles. The second-order valence-electron chi connectivity index (χ2n) is 9.87. The summed E-state index contributed by atoms with van der Waals surface area (Å²) >= 11 is 0. The van der Waals surface area contributed by atoms with Crippen molar-refractivity contribution in [3.8, 4) is 16.9 Å². The van der Waals surface area contributed by atoms with Gasteiger partial charge in [0.05, 0.1) is 22.0 Å². The van der Waals surface area contributed by atoms with E-state index in [4.69, 9.17) is 0 Å². The summed E-state index contributed by atoms with van der Waals surface area (Å²) in [5.41, 5.74) is 7.94. The molecule has 0 fully saturated rings. The Kier molecular flexibility index (Phi) is 4.32. The van der Waals surface area contributed by atoms with Crippen molar-refractivity contribution >= 4 is 21.8 Å². The first-order valence-electron chi connectivity index (χ1n) is 12.2. The molecule has 2 atom stereocenters. The Morgan fingerprint density at radius 1 is 0.727 bits per heavy atom. The van der Waals surface area contributed by atoms with Gasteiger partial charge >= 0.3 is 0 Å². The van der Waals surface area contributed by atoms with Gasteiger partial charge in [-0.3, -0.25) is 0 Å². The topological polar surface area (TPSA) is 8.81 Å². The largest absolute Gasteiger partial charge is 0.309 e. The highest BCUT2D eigenvalue weighted by atomic mass is 15.1. The molecule has 0 N–H and O–H groups in total. The minimum Gasteiger partial charge on any atom is -0.309 e. The summed E-state index contributed by atoms with van der Waals surface area (Å²) in [6.07, 6.45) is 4.47. The van der Waals surface area contributed by atoms with Crippen LogP contribution in [0.1, 0.15) is 46.1 Å². The quantitative estimate of drug-likeness (QED) is 0.261. The second-order valence-corrected chi connectivity index (χ2v) is 9.87. The molecular formula is C31H31N2+. The maximum Gasteiger partial charge on any atom is 0.213 e. The van der Waals surface area contributed by atoms with E-state index in [1.807, 2.05) is 0 Å². The van der Waals surface area contributed by atoms with Crippen LogP contribution in [0.5, 0.6) is 0 Å². The summed E-state index contributed by atoms with van der Waals surface area (Å²) in [5, 5.41) is 2.61. The van der Waals surface area contributed by atoms with Gasteiger partial charge in [0.1, 0.15) is 0 Å². The number of rotatable bonds is 3. The molecule has 1 aliphatic heterocycles. The molecule has 0 saturated carbocycles. The van der Waals surface area contributed by atoms with E-state index in [-0.39, 0.29) is 11.0 Å². The third-order valence-electron chi connectivity index (χ3n) is 8.69. The maximum absolute atomic E-state index is 2.54. The van der Waals surface area contributed by atoms with Crippen LogP contribution < -0.4 is 4.57 Å². The van der Waals surface area contributed by atoms with Gasteiger partial charge in [-0.15, -0.1) is 0 Å². The third kappa shape index (κ3) is 2.52. The van der Waals surface area contributed by atoms with Gasteiger partial charge in [0.25, 0.3) is 0 Å². The molecule has 0 amide bonds. The fourth-order valence-electron chi connectivity index (χ4n) is 6.35. The summed E-state index contributed by atoms with van der Waals surface area (Å²) in [6.45, 7) is 9.56. The van der Waals surface area contributed by atoms with Gasteiger partial charge < -0.3 is 4.57 Å². The van der Waals surface area contributed by atoms with Crippen LogP contribution in [-0.2, 0) is 11.0 Å². The van der Waals surface area contributed by atoms with Gasteiger partial charge in [-0.25, -0.2) is 0 Å². The molecule has 0 radical (unpaired) electrons. The summed E-state index contributed by atoms with van der Waals surface area (Å²) in [7, 11) is 0. The van der Waals surface area contributed by atoms with Crippen LogP contribution in [0.15, 0.2) is 91.1 Å². The SMILES string of the molecule is CCC1(C)c2ccc(-n3c4ccccc4c4ccccc43)cc2-c2cccc[n+]2C1(C)CC. The van der Waals surface area contributed by atoms with Crippen LogP contribution in [0.2, 0.25) is 0 Å². The Balaban J connectivity index is 1.69. The number of para-hydroxylation sites is 2. The molecule has 2 nitrogen and oxygen atoms in total. The highest BCUT2D eigenvalue weighted by Crippen LogP contribution is 2.50. The molecule has 0 aliphatic carbocycles. The summed E-state index contributed by atoms with van der Waals surface area (Å²) in [4.78, 5) is 0. The summed E-state index contributed by atoms with van der Waals surface area (Å²) < 4.78 is 4.96. The van der Waals surface area contributed by atoms with E-state index in [9.17, 15) is 0 Å². The van der Waals surface area contributed by atoms with Crippen molar-refractivity contribution in [2.24, 2.45) is 0 Å². The van der Waals surface area contributed by atoms with Gasteiger partial charge in [-0.05, 0) is 49.2 Å². The lowest BCUT2D eigenvalue weighted by Crippen LogP contribution is -2.67. The van der Waals surface area contributed by atoms with E-state index < -0.39 is 0 Å². The van der Waals surface area contributed by atoms with Crippen molar-refractivity contribution < 1.29 is 4.57 Å². The Labute approximate surface area is 196 Å². The average Bonchev–Trinajstić information content (AvgIpc) is 3.21. The van der Waals surface area contributed by atoms with Crippen molar-refractivity contribution in [2.75, 3.05) is 0 Å². The van der Waals surface area contributed by atoms with E-state index in [1.54, 1.807) is 0 Å². The Bertz CT molecular complexity index is 1470. The number of benzene rings is 3. The van der Waals surface area contributed by atoms with E-state index in [2.05, 4.69) is 128 Å². The maximum atomic E-state index is 2.54. The summed E-state index contributed by atoms with van der Waals surface area (Å²) in [5.74, 6) is 0. The van der Waals surface area contributed by atoms with Crippen LogP contribution in [-0.4, -0.2) is 4.57 Å². The number of pyridine rings is 1. The Morgan fingerprint density at radius 2 is 1.36 bits per heavy atom. The van der Waals surface area contributed by atoms with E-state index >= 15 is 0 Å². The fourth-order valence-corrected chi connectivity index (χ4v) is 6.35. The molecule has 0 bridgehead atoms. The van der Waals surface area contributed by atoms with Crippen LogP contribution in [0.25, 0.3) is 38.8 Å². The molecule has 3 heterocycles. The number of nitrogens with zero attached hydrogens (tertiary/aromatic N) is 2. The standard InChI is InChI=1S/C31H31N2/c1-5-30(3)26-19-18-22(21-25(26)27-15-11-12-20-32(27)31(30,4)6-2)33-28-16-9-7-13-23(28)24-14-8-10-17-29(24)33/h7-21H,5-6H2,1-4H3/q+1. The van der Waals surface area contributed by atoms with E-state index in [0.29, 0.717) is 0 Å². The van der Waals surface area contributed by atoms with Gasteiger partial charge in [-0.1, -0.05) is 56.3 Å². The average molecular weight is 432 g/mol. The first-order valence-corrected chi connectivity index (χ1v) is 12.2. The highest BCUT2D eigenvalue weighted by Gasteiger charge is 2.56. The molecule has 1 aliphatic rings. The lowest BCUT2D eigenvalue weighted by molar-refractivity contribution is -0.765. The Hall–Kier alpha value is -3.39. The zero-order valence-electron chi connectivity index (χ0n) is 20.0. The molecule has 164 valence electrons. The lowest BCUT2D eigenvalue weighted by atomic mass is 9.60. The highest BCUT2D eigenvalue weighted by molar-refractivity contribution is 6.09. The Morgan fingerprint density at radius 3 is 2.00 bits per heavy atom. The minimum atomic E-state index is 0.0275. The van der Waals surface area contributed by atoms with Gasteiger partial charge in [0, 0.05) is 41.9 Å². The van der Waals surface area contributed by atoms with Crippen molar-refractivity contribution in [3.05, 3.63) is 96.7 Å². The van der Waals surface area contributed by atoms with Crippen LogP contribution in [0, 0.1) is 0 Å². The second kappa shape index (κ2) is 7.05. The normalized spacial score (nSPS) is 21.8. The first-order chi connectivity index (χ1) is 16.0. The van der Waals surface area contributed by atoms with E-state index in [0.717, 1.165) is 12.8 Å². The first kappa shape index (κ1) is 20.2. The van der Waals surface area contributed by atoms with Crippen LogP contribution >= 0.6 is 0 Å². The van der Waals surface area contributed by atoms with Crippen LogP contribution in [0.3, 0.4) is 0 Å². The fraction of sp³-hybridized carbons (Fsp3) is 0.258. The minimum absolute atomic E-state index is 0.0275. The van der Waals surface area contributed by atoms with Crippen LogP contribution in [0.4, 0.5) is 0 Å². The smallest absolute Gasteiger partial charge is 0.213 e. The third-order valence-corrected chi connectivity index (χ3v) is 8.69. The van der Waals surface area contributed by atoms with Crippen molar-refractivity contribution in [1.29, 1.82) is 0 Å². The zero-order valence-corrected chi connectivity index (χ0v) is 20.0. The van der Waals surface area contributed by atoms with Crippen molar-refractivity contribution in [3.63, 3.8) is 0 Å². The van der Waals surface area contributed by atoms with Gasteiger partial charge in [0.2, 0.25) is 5.69 Å². The molecule has 2 heteroatoms.